The lowest BCUT2D eigenvalue weighted by Gasteiger charge is -2.06. The Kier molecular flexibility index (Phi) is 3.99. The van der Waals surface area contributed by atoms with E-state index in [1.165, 1.54) is 5.69 Å². The SMILES string of the molecule is Cc1nonc1OCCn1ccnc1-c1cc2n(n1)CCCNC2. The van der Waals surface area contributed by atoms with E-state index in [0.717, 1.165) is 37.6 Å². The van der Waals surface area contributed by atoms with E-state index in [1.807, 2.05) is 10.8 Å². The number of hydrogen-bond acceptors (Lipinski definition) is 7. The lowest BCUT2D eigenvalue weighted by molar-refractivity contribution is 0.248. The van der Waals surface area contributed by atoms with Gasteiger partial charge in [0.25, 0.3) is 5.88 Å². The highest BCUT2D eigenvalue weighted by molar-refractivity contribution is 5.50. The quantitative estimate of drug-likeness (QED) is 0.746. The fraction of sp³-hybridized carbons (Fsp3) is 0.467. The third-order valence-corrected chi connectivity index (χ3v) is 4.02. The average molecular weight is 329 g/mol. The number of hydrogen-bond donors (Lipinski definition) is 1. The molecule has 3 aromatic rings. The smallest absolute Gasteiger partial charge is 0.278 e. The van der Waals surface area contributed by atoms with E-state index in [-0.39, 0.29) is 0 Å². The molecule has 4 rings (SSSR count). The number of rotatable bonds is 5. The first-order valence-corrected chi connectivity index (χ1v) is 8.02. The molecule has 0 amide bonds. The van der Waals surface area contributed by atoms with Crippen LogP contribution in [0.1, 0.15) is 17.8 Å². The van der Waals surface area contributed by atoms with Gasteiger partial charge in [0, 0.05) is 25.5 Å². The van der Waals surface area contributed by atoms with E-state index >= 15 is 0 Å². The van der Waals surface area contributed by atoms with E-state index < -0.39 is 0 Å². The van der Waals surface area contributed by atoms with E-state index in [2.05, 4.69) is 36.0 Å². The minimum atomic E-state index is 0.427. The maximum Gasteiger partial charge on any atom is 0.278 e. The predicted molar refractivity (Wildman–Crippen MR) is 84.3 cm³/mol. The molecule has 0 aromatic carbocycles. The van der Waals surface area contributed by atoms with Gasteiger partial charge < -0.3 is 14.6 Å². The van der Waals surface area contributed by atoms with Gasteiger partial charge in [-0.1, -0.05) is 5.16 Å². The van der Waals surface area contributed by atoms with Gasteiger partial charge in [-0.15, -0.1) is 0 Å². The molecule has 1 aliphatic rings. The molecule has 0 atom stereocenters. The zero-order chi connectivity index (χ0) is 16.4. The van der Waals surface area contributed by atoms with Crippen molar-refractivity contribution in [2.75, 3.05) is 13.2 Å². The van der Waals surface area contributed by atoms with Crippen LogP contribution in [-0.2, 0) is 19.6 Å². The Hall–Kier alpha value is -2.68. The van der Waals surface area contributed by atoms with Crippen molar-refractivity contribution in [3.05, 3.63) is 29.8 Å². The van der Waals surface area contributed by atoms with Crippen molar-refractivity contribution in [1.29, 1.82) is 0 Å². The molecule has 3 aromatic heterocycles. The van der Waals surface area contributed by atoms with Gasteiger partial charge >= 0.3 is 0 Å². The second kappa shape index (κ2) is 6.44. The summed E-state index contributed by atoms with van der Waals surface area (Å²) < 4.78 is 14.3. The number of imidazole rings is 1. The summed E-state index contributed by atoms with van der Waals surface area (Å²) in [6.45, 7) is 5.69. The lowest BCUT2D eigenvalue weighted by Crippen LogP contribution is -2.11. The van der Waals surface area contributed by atoms with Crippen molar-refractivity contribution >= 4 is 0 Å². The molecule has 0 bridgehead atoms. The van der Waals surface area contributed by atoms with Gasteiger partial charge in [0.05, 0.1) is 12.2 Å². The van der Waals surface area contributed by atoms with E-state index in [4.69, 9.17) is 9.84 Å². The standard InChI is InChI=1S/C15H19N7O2/c1-11-15(20-24-19-11)23-8-7-21-6-4-17-14(21)13-9-12-10-16-3-2-5-22(12)18-13/h4,6,9,16H,2-3,5,7-8,10H2,1H3. The predicted octanol–water partition coefficient (Wildman–Crippen LogP) is 1.01. The van der Waals surface area contributed by atoms with Gasteiger partial charge in [-0.05, 0) is 31.1 Å². The molecule has 1 aliphatic heterocycles. The van der Waals surface area contributed by atoms with Crippen molar-refractivity contribution in [3.63, 3.8) is 0 Å². The Labute approximate surface area is 138 Å². The van der Waals surface area contributed by atoms with E-state index in [1.54, 1.807) is 13.1 Å². The van der Waals surface area contributed by atoms with Crippen LogP contribution in [0.5, 0.6) is 5.88 Å². The van der Waals surface area contributed by atoms with Crippen LogP contribution in [0.15, 0.2) is 23.1 Å². The first kappa shape index (κ1) is 14.9. The maximum absolute atomic E-state index is 5.59. The number of nitrogens with zero attached hydrogens (tertiary/aromatic N) is 6. The van der Waals surface area contributed by atoms with Crippen LogP contribution in [0, 0.1) is 6.92 Å². The number of ether oxygens (including phenoxy) is 1. The van der Waals surface area contributed by atoms with Crippen LogP contribution in [0.3, 0.4) is 0 Å². The van der Waals surface area contributed by atoms with Crippen molar-refractivity contribution in [3.8, 4) is 17.4 Å². The van der Waals surface area contributed by atoms with Crippen LogP contribution < -0.4 is 10.1 Å². The third-order valence-electron chi connectivity index (χ3n) is 4.02. The summed E-state index contributed by atoms with van der Waals surface area (Å²) in [5, 5.41) is 15.5. The van der Waals surface area contributed by atoms with E-state index in [9.17, 15) is 0 Å². The highest BCUT2D eigenvalue weighted by Crippen LogP contribution is 2.19. The lowest BCUT2D eigenvalue weighted by atomic mass is 10.3. The van der Waals surface area contributed by atoms with Crippen molar-refractivity contribution < 1.29 is 9.37 Å². The molecule has 0 radical (unpaired) electrons. The van der Waals surface area contributed by atoms with Crippen LogP contribution in [0.25, 0.3) is 11.5 Å². The molecule has 126 valence electrons. The zero-order valence-electron chi connectivity index (χ0n) is 13.5. The van der Waals surface area contributed by atoms with Crippen LogP contribution >= 0.6 is 0 Å². The molecule has 9 heteroatoms. The normalized spacial score (nSPS) is 14.4. The van der Waals surface area contributed by atoms with Gasteiger partial charge in [0.1, 0.15) is 18.0 Å². The number of aromatic nitrogens is 6. The summed E-state index contributed by atoms with van der Waals surface area (Å²) in [7, 11) is 0. The largest absolute Gasteiger partial charge is 0.472 e. The van der Waals surface area contributed by atoms with Crippen molar-refractivity contribution in [2.45, 2.75) is 33.0 Å². The molecule has 0 saturated carbocycles. The van der Waals surface area contributed by atoms with Gasteiger partial charge in [0.15, 0.2) is 5.82 Å². The second-order valence-corrected chi connectivity index (χ2v) is 5.72. The molecule has 0 spiro atoms. The topological polar surface area (TPSA) is 95.8 Å². The summed E-state index contributed by atoms with van der Waals surface area (Å²) in [6, 6.07) is 2.10. The number of fused-ring (bicyclic) bond motifs is 1. The minimum Gasteiger partial charge on any atom is -0.472 e. The summed E-state index contributed by atoms with van der Waals surface area (Å²) in [5.41, 5.74) is 2.72. The summed E-state index contributed by atoms with van der Waals surface area (Å²) in [4.78, 5) is 4.45. The van der Waals surface area contributed by atoms with Crippen molar-refractivity contribution in [1.82, 2.24) is 35.0 Å². The Morgan fingerprint density at radius 2 is 2.33 bits per heavy atom. The first-order chi connectivity index (χ1) is 11.8. The molecule has 0 saturated heterocycles. The number of nitrogens with one attached hydrogen (secondary N) is 1. The van der Waals surface area contributed by atoms with Crippen LogP contribution in [0.2, 0.25) is 0 Å². The molecule has 4 heterocycles. The monoisotopic (exact) mass is 329 g/mol. The van der Waals surface area contributed by atoms with Gasteiger partial charge in [-0.2, -0.15) is 5.10 Å². The molecule has 0 aliphatic carbocycles. The summed E-state index contributed by atoms with van der Waals surface area (Å²) >= 11 is 0. The van der Waals surface area contributed by atoms with Crippen LogP contribution in [0.4, 0.5) is 0 Å². The molecular weight excluding hydrogens is 310 g/mol. The molecule has 24 heavy (non-hydrogen) atoms. The Balaban J connectivity index is 1.47. The third kappa shape index (κ3) is 2.90. The zero-order valence-corrected chi connectivity index (χ0v) is 13.5. The fourth-order valence-corrected chi connectivity index (χ4v) is 2.79. The Bertz CT molecular complexity index is 796. The van der Waals surface area contributed by atoms with Gasteiger partial charge in [-0.25, -0.2) is 9.61 Å². The van der Waals surface area contributed by atoms with E-state index in [0.29, 0.717) is 24.7 Å². The molecule has 9 nitrogen and oxygen atoms in total. The van der Waals surface area contributed by atoms with Crippen molar-refractivity contribution in [2.24, 2.45) is 0 Å². The average Bonchev–Trinajstić information content (AvgIpc) is 3.26. The van der Waals surface area contributed by atoms with Gasteiger partial charge in [0.2, 0.25) is 0 Å². The fourth-order valence-electron chi connectivity index (χ4n) is 2.79. The Morgan fingerprint density at radius 3 is 3.21 bits per heavy atom. The summed E-state index contributed by atoms with van der Waals surface area (Å²) in [5.74, 6) is 1.27. The second-order valence-electron chi connectivity index (χ2n) is 5.72. The molecular formula is C15H19N7O2. The molecule has 0 unspecified atom stereocenters. The highest BCUT2D eigenvalue weighted by atomic mass is 16.6. The first-order valence-electron chi connectivity index (χ1n) is 8.02. The summed E-state index contributed by atoms with van der Waals surface area (Å²) in [6.07, 6.45) is 4.79. The minimum absolute atomic E-state index is 0.427. The van der Waals surface area contributed by atoms with Gasteiger partial charge in [-0.3, -0.25) is 4.68 Å². The number of aryl methyl sites for hydroxylation is 2. The highest BCUT2D eigenvalue weighted by Gasteiger charge is 2.15. The Morgan fingerprint density at radius 1 is 1.38 bits per heavy atom. The molecule has 0 fully saturated rings. The maximum atomic E-state index is 5.59. The molecule has 1 N–H and O–H groups in total. The van der Waals surface area contributed by atoms with Crippen LogP contribution in [-0.4, -0.2) is 42.8 Å².